The molecule has 2 aliphatic heterocycles. The lowest BCUT2D eigenvalue weighted by Crippen LogP contribution is -2.51. The molecule has 7 nitrogen and oxygen atoms in total. The normalized spacial score (nSPS) is 21.5. The zero-order valence-electron chi connectivity index (χ0n) is 22.0. The van der Waals surface area contributed by atoms with Crippen LogP contribution in [0.2, 0.25) is 0 Å². The van der Waals surface area contributed by atoms with Crippen LogP contribution >= 0.6 is 0 Å². The molecule has 2 heterocycles. The maximum absolute atomic E-state index is 13.8. The summed E-state index contributed by atoms with van der Waals surface area (Å²) < 4.78 is 0. The van der Waals surface area contributed by atoms with Gasteiger partial charge in [-0.25, -0.2) is 0 Å². The van der Waals surface area contributed by atoms with Gasteiger partial charge in [0.1, 0.15) is 5.92 Å². The maximum atomic E-state index is 13.8. The monoisotopic (exact) mass is 501 g/mol. The first-order chi connectivity index (χ1) is 17.5. The van der Waals surface area contributed by atoms with Gasteiger partial charge in [-0.3, -0.25) is 19.2 Å². The number of carbonyl (C=O) groups excluding carboxylic acids is 4. The highest BCUT2D eigenvalue weighted by Crippen LogP contribution is 2.32. The molecule has 194 valence electrons. The van der Waals surface area contributed by atoms with Crippen LogP contribution in [0.25, 0.3) is 0 Å². The van der Waals surface area contributed by atoms with E-state index in [1.807, 2.05) is 32.0 Å². The lowest BCUT2D eigenvalue weighted by Gasteiger charge is -2.29. The van der Waals surface area contributed by atoms with Crippen LogP contribution in [0.1, 0.15) is 67.3 Å². The van der Waals surface area contributed by atoms with E-state index in [1.165, 1.54) is 4.90 Å². The number of hydrogen-bond donors (Lipinski definition) is 2. The zero-order chi connectivity index (χ0) is 26.9. The second kappa shape index (κ2) is 10.3. The molecule has 1 unspecified atom stereocenters. The van der Waals surface area contributed by atoms with Gasteiger partial charge in [0.2, 0.25) is 5.91 Å². The molecule has 0 saturated carbocycles. The third-order valence-corrected chi connectivity index (χ3v) is 7.01. The van der Waals surface area contributed by atoms with E-state index in [0.717, 1.165) is 5.56 Å². The van der Waals surface area contributed by atoms with E-state index in [0.29, 0.717) is 17.5 Å². The van der Waals surface area contributed by atoms with Crippen LogP contribution in [0.4, 0.5) is 0 Å². The van der Waals surface area contributed by atoms with Crippen LogP contribution in [0.15, 0.2) is 66.9 Å². The van der Waals surface area contributed by atoms with Crippen LogP contribution in [0.5, 0.6) is 0 Å². The second-order valence-corrected chi connectivity index (χ2v) is 11.3. The van der Waals surface area contributed by atoms with Crippen molar-refractivity contribution < 1.29 is 19.2 Å². The van der Waals surface area contributed by atoms with Crippen LogP contribution in [0, 0.1) is 11.8 Å². The first-order valence-corrected chi connectivity index (χ1v) is 12.8. The van der Waals surface area contributed by atoms with E-state index < -0.39 is 30.0 Å². The average molecular weight is 502 g/mol. The quantitative estimate of drug-likeness (QED) is 0.564. The fourth-order valence-corrected chi connectivity index (χ4v) is 5.01. The minimum atomic E-state index is -1.08. The van der Waals surface area contributed by atoms with Gasteiger partial charge in [-0.2, -0.15) is 0 Å². The van der Waals surface area contributed by atoms with Gasteiger partial charge in [-0.1, -0.05) is 65.0 Å². The Morgan fingerprint density at radius 2 is 1.62 bits per heavy atom. The molecule has 7 heteroatoms. The van der Waals surface area contributed by atoms with E-state index in [-0.39, 0.29) is 28.9 Å². The topological polar surface area (TPSA) is 95.6 Å². The standard InChI is InChI=1S/C30H35N3O4/c1-18(2)17-23(32-27(35)19-11-13-21(14-12-19)30(3,4)5)26(34)24-25-22(31-28(24)36)15-16-33(25)29(37)20-9-7-6-8-10-20/h6-16,18,22-25H,17H2,1-5H3,(H,31,36)(H,32,35)/t22-,23-,24?,25-/m0/s1. The van der Waals surface area contributed by atoms with Crippen molar-refractivity contribution in [2.45, 2.75) is 64.6 Å². The van der Waals surface area contributed by atoms with Crippen LogP contribution in [0.3, 0.4) is 0 Å². The third-order valence-electron chi connectivity index (χ3n) is 7.01. The van der Waals surface area contributed by atoms with Crippen molar-refractivity contribution >= 4 is 23.5 Å². The Bertz CT molecular complexity index is 1210. The van der Waals surface area contributed by atoms with E-state index >= 15 is 0 Å². The predicted octanol–water partition coefficient (Wildman–Crippen LogP) is 3.85. The van der Waals surface area contributed by atoms with Gasteiger partial charge in [0.05, 0.1) is 18.1 Å². The molecular formula is C30H35N3O4. The molecule has 2 N–H and O–H groups in total. The number of hydrogen-bond acceptors (Lipinski definition) is 4. The zero-order valence-corrected chi connectivity index (χ0v) is 22.0. The van der Waals surface area contributed by atoms with Crippen LogP contribution in [-0.4, -0.2) is 46.5 Å². The summed E-state index contributed by atoms with van der Waals surface area (Å²) in [5.41, 5.74) is 1.98. The Labute approximate surface area is 218 Å². The molecule has 0 spiro atoms. The molecule has 0 radical (unpaired) electrons. The fourth-order valence-electron chi connectivity index (χ4n) is 5.01. The first-order valence-electron chi connectivity index (χ1n) is 12.8. The molecule has 4 rings (SSSR count). The van der Waals surface area contributed by atoms with E-state index in [4.69, 9.17) is 0 Å². The summed E-state index contributed by atoms with van der Waals surface area (Å²) in [6.07, 6.45) is 3.76. The fraction of sp³-hybridized carbons (Fsp3) is 0.400. The summed E-state index contributed by atoms with van der Waals surface area (Å²) in [5, 5.41) is 5.73. The summed E-state index contributed by atoms with van der Waals surface area (Å²) in [7, 11) is 0. The van der Waals surface area contributed by atoms with E-state index in [1.54, 1.807) is 48.7 Å². The number of benzene rings is 2. The smallest absolute Gasteiger partial charge is 0.258 e. The molecule has 2 aliphatic rings. The van der Waals surface area contributed by atoms with Crippen LogP contribution < -0.4 is 10.6 Å². The lowest BCUT2D eigenvalue weighted by atomic mass is 9.86. The van der Waals surface area contributed by atoms with Crippen molar-refractivity contribution in [1.82, 2.24) is 15.5 Å². The molecule has 2 aromatic rings. The molecular weight excluding hydrogens is 466 g/mol. The van der Waals surface area contributed by atoms with E-state index in [9.17, 15) is 19.2 Å². The number of carbonyl (C=O) groups is 4. The molecule has 1 fully saturated rings. The van der Waals surface area contributed by atoms with Crippen molar-refractivity contribution in [3.63, 3.8) is 0 Å². The van der Waals surface area contributed by atoms with Gasteiger partial charge in [0.15, 0.2) is 5.78 Å². The van der Waals surface area contributed by atoms with Gasteiger partial charge in [0.25, 0.3) is 11.8 Å². The molecule has 1 saturated heterocycles. The number of amides is 3. The Morgan fingerprint density at radius 3 is 2.22 bits per heavy atom. The van der Waals surface area contributed by atoms with Gasteiger partial charge < -0.3 is 15.5 Å². The third kappa shape index (κ3) is 5.50. The molecule has 0 aromatic heterocycles. The molecule has 3 amide bonds. The number of Topliss-reactive ketones (excluding diaryl/α,β-unsaturated/α-hetero) is 1. The van der Waals surface area contributed by atoms with Crippen molar-refractivity contribution in [2.75, 3.05) is 0 Å². The number of rotatable bonds is 7. The summed E-state index contributed by atoms with van der Waals surface area (Å²) in [5.74, 6) is -2.43. The summed E-state index contributed by atoms with van der Waals surface area (Å²) in [4.78, 5) is 54.7. The SMILES string of the molecule is CC(C)C[C@H](NC(=O)c1ccc(C(C)(C)C)cc1)C(=O)C1C(=O)N[C@H]2C=CN(C(=O)c3ccccc3)[C@H]12. The van der Waals surface area contributed by atoms with E-state index in [2.05, 4.69) is 31.4 Å². The van der Waals surface area contributed by atoms with Crippen LogP contribution in [-0.2, 0) is 15.0 Å². The summed E-state index contributed by atoms with van der Waals surface area (Å²) in [6, 6.07) is 14.1. The predicted molar refractivity (Wildman–Crippen MR) is 142 cm³/mol. The van der Waals surface area contributed by atoms with Gasteiger partial charge in [0, 0.05) is 17.3 Å². The Morgan fingerprint density at radius 1 is 0.973 bits per heavy atom. The second-order valence-electron chi connectivity index (χ2n) is 11.3. The molecule has 37 heavy (non-hydrogen) atoms. The minimum Gasteiger partial charge on any atom is -0.347 e. The number of nitrogens with one attached hydrogen (secondary N) is 2. The number of fused-ring (bicyclic) bond motifs is 1. The summed E-state index contributed by atoms with van der Waals surface area (Å²) >= 11 is 0. The number of ketones is 1. The Balaban J connectivity index is 1.56. The number of nitrogens with zero attached hydrogens (tertiary/aromatic N) is 1. The molecule has 0 bridgehead atoms. The van der Waals surface area contributed by atoms with Gasteiger partial charge in [-0.15, -0.1) is 0 Å². The van der Waals surface area contributed by atoms with Crippen molar-refractivity contribution in [1.29, 1.82) is 0 Å². The molecule has 0 aliphatic carbocycles. The van der Waals surface area contributed by atoms with Crippen molar-refractivity contribution in [3.05, 3.63) is 83.6 Å². The van der Waals surface area contributed by atoms with Gasteiger partial charge >= 0.3 is 0 Å². The summed E-state index contributed by atoms with van der Waals surface area (Å²) in [6.45, 7) is 10.2. The average Bonchev–Trinajstić information content (AvgIpc) is 3.40. The molecule has 4 atom stereocenters. The highest BCUT2D eigenvalue weighted by Gasteiger charge is 2.53. The Hall–Kier alpha value is -3.74. The van der Waals surface area contributed by atoms with Crippen molar-refractivity contribution in [3.8, 4) is 0 Å². The lowest BCUT2D eigenvalue weighted by molar-refractivity contribution is -0.134. The van der Waals surface area contributed by atoms with Crippen molar-refractivity contribution in [2.24, 2.45) is 11.8 Å². The Kier molecular flexibility index (Phi) is 7.35. The van der Waals surface area contributed by atoms with Gasteiger partial charge in [-0.05, 0) is 53.7 Å². The minimum absolute atomic E-state index is 0.0457. The largest absolute Gasteiger partial charge is 0.347 e. The highest BCUT2D eigenvalue weighted by molar-refractivity contribution is 6.09. The first kappa shape index (κ1) is 26.3. The highest BCUT2D eigenvalue weighted by atomic mass is 16.2. The maximum Gasteiger partial charge on any atom is 0.258 e. The molecule has 2 aromatic carbocycles.